The average molecular weight is 379 g/mol. The number of hydrogen-bond acceptors (Lipinski definition) is 5. The molecule has 0 unspecified atom stereocenters. The second-order valence-corrected chi connectivity index (χ2v) is 6.19. The summed E-state index contributed by atoms with van der Waals surface area (Å²) in [7, 11) is 3.32. The Bertz CT molecular complexity index is 496. The fourth-order valence-electron chi connectivity index (χ4n) is 3.65. The van der Waals surface area contributed by atoms with Crippen LogP contribution in [0.3, 0.4) is 0 Å². The molecule has 5 nitrogen and oxygen atoms in total. The number of piperazine rings is 1. The fourth-order valence-corrected chi connectivity index (χ4v) is 3.65. The van der Waals surface area contributed by atoms with Crippen molar-refractivity contribution in [2.75, 3.05) is 40.4 Å². The van der Waals surface area contributed by atoms with Crippen LogP contribution in [0.1, 0.15) is 30.9 Å². The van der Waals surface area contributed by atoms with Crippen molar-refractivity contribution >= 4 is 24.8 Å². The Labute approximate surface area is 156 Å². The maximum atomic E-state index is 9.90. The van der Waals surface area contributed by atoms with Gasteiger partial charge in [0.25, 0.3) is 0 Å². The number of nitrogens with one attached hydrogen (secondary N) is 1. The summed E-state index contributed by atoms with van der Waals surface area (Å²) in [4.78, 5) is 2.54. The van der Waals surface area contributed by atoms with Crippen LogP contribution in [0.15, 0.2) is 12.1 Å². The first-order valence-corrected chi connectivity index (χ1v) is 8.14. The number of hydrogen-bond donors (Lipinski definition) is 2. The number of benzene rings is 1. The van der Waals surface area contributed by atoms with Gasteiger partial charge in [-0.3, -0.25) is 4.90 Å². The lowest BCUT2D eigenvalue weighted by Gasteiger charge is -2.44. The second kappa shape index (κ2) is 9.56. The number of aromatic hydroxyl groups is 1. The normalized spacial score (nSPS) is 19.4. The van der Waals surface area contributed by atoms with Crippen LogP contribution in [0.4, 0.5) is 0 Å². The van der Waals surface area contributed by atoms with E-state index in [2.05, 4.69) is 10.2 Å². The van der Waals surface area contributed by atoms with Crippen LogP contribution in [0.25, 0.3) is 0 Å². The van der Waals surface area contributed by atoms with Gasteiger partial charge in [0.15, 0.2) is 0 Å². The molecule has 2 N–H and O–H groups in total. The lowest BCUT2D eigenvalue weighted by atomic mass is 9.75. The Kier molecular flexibility index (Phi) is 8.43. The Morgan fingerprint density at radius 2 is 1.62 bits per heavy atom. The van der Waals surface area contributed by atoms with Gasteiger partial charge in [-0.15, -0.1) is 24.8 Å². The van der Waals surface area contributed by atoms with E-state index in [1.807, 2.05) is 0 Å². The van der Waals surface area contributed by atoms with Gasteiger partial charge in [-0.05, 0) is 18.8 Å². The van der Waals surface area contributed by atoms with Crippen LogP contribution < -0.4 is 14.8 Å². The van der Waals surface area contributed by atoms with Crippen molar-refractivity contribution in [1.82, 2.24) is 10.2 Å². The van der Waals surface area contributed by atoms with Crippen LogP contribution in [0.5, 0.6) is 17.2 Å². The molecule has 0 radical (unpaired) electrons. The van der Waals surface area contributed by atoms with Crippen molar-refractivity contribution < 1.29 is 14.6 Å². The first-order valence-electron chi connectivity index (χ1n) is 8.14. The Morgan fingerprint density at radius 3 is 2.04 bits per heavy atom. The molecule has 138 valence electrons. The van der Waals surface area contributed by atoms with Crippen molar-refractivity contribution in [1.29, 1.82) is 0 Å². The molecule has 0 bridgehead atoms. The Morgan fingerprint density at radius 1 is 1.08 bits per heavy atom. The molecular formula is C17H28Cl2N2O3. The predicted molar refractivity (Wildman–Crippen MR) is 100 cm³/mol. The molecule has 2 aliphatic rings. The minimum atomic E-state index is 0. The quantitative estimate of drug-likeness (QED) is 0.824. The molecule has 0 aromatic heterocycles. The summed E-state index contributed by atoms with van der Waals surface area (Å²) in [5, 5.41) is 13.3. The molecule has 1 aromatic carbocycles. The average Bonchev–Trinajstić information content (AvgIpc) is 2.51. The fraction of sp³-hybridized carbons (Fsp3) is 0.647. The lowest BCUT2D eigenvalue weighted by Crippen LogP contribution is -2.48. The summed E-state index contributed by atoms with van der Waals surface area (Å²) in [5.74, 6) is 2.29. The molecule has 1 aliphatic carbocycles. The zero-order valence-electron chi connectivity index (χ0n) is 14.3. The molecule has 1 heterocycles. The van der Waals surface area contributed by atoms with Gasteiger partial charge in [0, 0.05) is 44.4 Å². The van der Waals surface area contributed by atoms with Crippen LogP contribution >= 0.6 is 24.8 Å². The number of rotatable bonds is 5. The highest BCUT2D eigenvalue weighted by Gasteiger charge is 2.37. The van der Waals surface area contributed by atoms with Crippen molar-refractivity contribution in [3.63, 3.8) is 0 Å². The minimum absolute atomic E-state index is 0. The van der Waals surface area contributed by atoms with Crippen molar-refractivity contribution in [3.8, 4) is 17.2 Å². The first-order chi connectivity index (χ1) is 10.7. The zero-order valence-corrected chi connectivity index (χ0v) is 15.9. The van der Waals surface area contributed by atoms with Crippen molar-refractivity contribution in [2.24, 2.45) is 5.92 Å². The molecule has 1 saturated heterocycles. The van der Waals surface area contributed by atoms with Gasteiger partial charge in [-0.25, -0.2) is 0 Å². The molecule has 1 atom stereocenters. The number of halogens is 2. The Balaban J connectivity index is 0.00000144. The van der Waals surface area contributed by atoms with E-state index in [0.29, 0.717) is 12.0 Å². The van der Waals surface area contributed by atoms with E-state index < -0.39 is 0 Å². The minimum Gasteiger partial charge on any atom is -0.508 e. The van der Waals surface area contributed by atoms with E-state index in [0.717, 1.165) is 43.2 Å². The standard InChI is InChI=1S/C17H26N2O3.2ClH/c1-21-14-10-13(20)11-15(22-2)16(14)17(12-4-3-5-12)19-8-6-18-7-9-19;;/h10-12,17-18,20H,3-9H2,1-2H3;2*1H/t17-;;/m1../s1. The molecule has 3 rings (SSSR count). The first kappa shape index (κ1) is 21.2. The maximum Gasteiger partial charge on any atom is 0.131 e. The predicted octanol–water partition coefficient (Wildman–Crippen LogP) is 3.00. The molecular weight excluding hydrogens is 351 g/mol. The highest BCUT2D eigenvalue weighted by atomic mass is 35.5. The summed E-state index contributed by atoms with van der Waals surface area (Å²) in [6, 6.07) is 3.71. The highest BCUT2D eigenvalue weighted by molar-refractivity contribution is 5.85. The third-order valence-corrected chi connectivity index (χ3v) is 4.97. The molecule has 1 aromatic rings. The summed E-state index contributed by atoms with van der Waals surface area (Å²) in [6.45, 7) is 4.11. The highest BCUT2D eigenvalue weighted by Crippen LogP contribution is 2.48. The van der Waals surface area contributed by atoms with Crippen LogP contribution in [0, 0.1) is 5.92 Å². The number of phenols is 1. The van der Waals surface area contributed by atoms with Crippen molar-refractivity contribution in [3.05, 3.63) is 17.7 Å². The van der Waals surface area contributed by atoms with E-state index in [-0.39, 0.29) is 30.6 Å². The zero-order chi connectivity index (χ0) is 15.5. The topological polar surface area (TPSA) is 54.0 Å². The van der Waals surface area contributed by atoms with Gasteiger partial charge in [-0.2, -0.15) is 0 Å². The number of ether oxygens (including phenoxy) is 2. The largest absolute Gasteiger partial charge is 0.508 e. The molecule has 1 aliphatic heterocycles. The van der Waals surface area contributed by atoms with E-state index in [9.17, 15) is 5.11 Å². The Hall–Kier alpha value is -0.880. The van der Waals surface area contributed by atoms with Gasteiger partial charge < -0.3 is 19.9 Å². The summed E-state index contributed by atoms with van der Waals surface area (Å²) in [6.07, 6.45) is 3.81. The van der Waals surface area contributed by atoms with Crippen LogP contribution in [0.2, 0.25) is 0 Å². The smallest absolute Gasteiger partial charge is 0.131 e. The lowest BCUT2D eigenvalue weighted by molar-refractivity contribution is 0.0798. The van der Waals surface area contributed by atoms with Gasteiger partial charge in [0.1, 0.15) is 17.2 Å². The molecule has 2 fully saturated rings. The molecule has 24 heavy (non-hydrogen) atoms. The van der Waals surface area contributed by atoms with Gasteiger partial charge in [-0.1, -0.05) is 6.42 Å². The molecule has 0 spiro atoms. The summed E-state index contributed by atoms with van der Waals surface area (Å²) >= 11 is 0. The number of methoxy groups -OCH3 is 2. The van der Waals surface area contributed by atoms with E-state index >= 15 is 0 Å². The third kappa shape index (κ3) is 4.20. The summed E-state index contributed by atoms with van der Waals surface area (Å²) in [5.41, 5.74) is 1.09. The van der Waals surface area contributed by atoms with Gasteiger partial charge in [0.05, 0.1) is 19.8 Å². The third-order valence-electron chi connectivity index (χ3n) is 4.97. The SMILES string of the molecule is COc1cc(O)cc(OC)c1[C@@H](C1CCC1)N1CCNCC1.Cl.Cl. The van der Waals surface area contributed by atoms with Crippen LogP contribution in [-0.2, 0) is 0 Å². The monoisotopic (exact) mass is 378 g/mol. The van der Waals surface area contributed by atoms with Gasteiger partial charge >= 0.3 is 0 Å². The van der Waals surface area contributed by atoms with E-state index in [1.165, 1.54) is 19.3 Å². The number of phenolic OH excluding ortho intramolecular Hbond substituents is 1. The molecule has 1 saturated carbocycles. The molecule has 7 heteroatoms. The van der Waals surface area contributed by atoms with Gasteiger partial charge in [0.2, 0.25) is 0 Å². The van der Waals surface area contributed by atoms with E-state index in [4.69, 9.17) is 9.47 Å². The van der Waals surface area contributed by atoms with Crippen molar-refractivity contribution in [2.45, 2.75) is 25.3 Å². The summed E-state index contributed by atoms with van der Waals surface area (Å²) < 4.78 is 11.2. The molecule has 0 amide bonds. The van der Waals surface area contributed by atoms with Crippen LogP contribution in [-0.4, -0.2) is 50.4 Å². The second-order valence-electron chi connectivity index (χ2n) is 6.19. The number of nitrogens with zero attached hydrogens (tertiary/aromatic N) is 1. The maximum absolute atomic E-state index is 9.90. The van der Waals surface area contributed by atoms with E-state index in [1.54, 1.807) is 26.4 Å².